The lowest BCUT2D eigenvalue weighted by Gasteiger charge is -2.13. The fraction of sp³-hybridized carbons (Fsp3) is 0.471. The predicted molar refractivity (Wildman–Crippen MR) is 92.1 cm³/mol. The zero-order valence-corrected chi connectivity index (χ0v) is 13.8. The molecule has 128 valence electrons. The molecule has 1 fully saturated rings. The van der Waals surface area contributed by atoms with Crippen LogP contribution in [0, 0.1) is 6.92 Å². The van der Waals surface area contributed by atoms with Gasteiger partial charge in [-0.05, 0) is 31.0 Å². The number of hydrogen-bond donors (Lipinski definition) is 3. The first-order valence-electron chi connectivity index (χ1n) is 8.21. The Balaban J connectivity index is 1.75. The number of aliphatic hydroxyl groups excluding tert-OH is 1. The van der Waals surface area contributed by atoms with Crippen LogP contribution in [-0.4, -0.2) is 46.4 Å². The van der Waals surface area contributed by atoms with Crippen molar-refractivity contribution in [2.75, 3.05) is 37.0 Å². The van der Waals surface area contributed by atoms with Crippen molar-refractivity contribution in [3.63, 3.8) is 0 Å². The van der Waals surface area contributed by atoms with E-state index in [-0.39, 0.29) is 6.61 Å². The van der Waals surface area contributed by atoms with Crippen molar-refractivity contribution in [2.45, 2.75) is 25.8 Å². The largest absolute Gasteiger partial charge is 0.395 e. The van der Waals surface area contributed by atoms with Gasteiger partial charge in [-0.2, -0.15) is 4.98 Å². The van der Waals surface area contributed by atoms with Gasteiger partial charge in [-0.1, -0.05) is 0 Å². The molecule has 2 aromatic heterocycles. The van der Waals surface area contributed by atoms with Crippen LogP contribution in [0.5, 0.6) is 0 Å². The summed E-state index contributed by atoms with van der Waals surface area (Å²) in [5, 5.41) is 15.4. The van der Waals surface area contributed by atoms with Crippen molar-refractivity contribution in [2.24, 2.45) is 0 Å². The molecule has 0 saturated carbocycles. The van der Waals surface area contributed by atoms with E-state index in [2.05, 4.69) is 25.6 Å². The van der Waals surface area contributed by atoms with Gasteiger partial charge in [0.05, 0.1) is 18.9 Å². The highest BCUT2D eigenvalue weighted by atomic mass is 16.5. The summed E-state index contributed by atoms with van der Waals surface area (Å²) in [6.45, 7) is 4.57. The number of anilines is 2. The molecular formula is C17H23N5O2. The van der Waals surface area contributed by atoms with Gasteiger partial charge < -0.3 is 20.5 Å². The fourth-order valence-corrected chi connectivity index (χ4v) is 2.69. The summed E-state index contributed by atoms with van der Waals surface area (Å²) in [6.07, 6.45) is 2.78. The second kappa shape index (κ2) is 8.03. The molecule has 7 nitrogen and oxygen atoms in total. The minimum absolute atomic E-state index is 0.0409. The van der Waals surface area contributed by atoms with E-state index in [1.54, 1.807) is 0 Å². The SMILES string of the molecule is Cc1cc(CNc2cc([C@H]3CCOC3)nc(NCCO)n2)ccn1. The Morgan fingerprint density at radius 2 is 2.21 bits per heavy atom. The molecule has 3 heterocycles. The summed E-state index contributed by atoms with van der Waals surface area (Å²) in [7, 11) is 0. The average Bonchev–Trinajstić information content (AvgIpc) is 3.13. The third-order valence-electron chi connectivity index (χ3n) is 3.92. The summed E-state index contributed by atoms with van der Waals surface area (Å²) in [5.41, 5.74) is 3.11. The number of pyridine rings is 1. The van der Waals surface area contributed by atoms with Crippen LogP contribution in [-0.2, 0) is 11.3 Å². The van der Waals surface area contributed by atoms with Crippen LogP contribution in [0.1, 0.15) is 29.3 Å². The van der Waals surface area contributed by atoms with Gasteiger partial charge in [0, 0.05) is 43.6 Å². The summed E-state index contributed by atoms with van der Waals surface area (Å²) in [5.74, 6) is 1.59. The zero-order valence-electron chi connectivity index (χ0n) is 13.8. The van der Waals surface area contributed by atoms with Crippen LogP contribution in [0.4, 0.5) is 11.8 Å². The van der Waals surface area contributed by atoms with Crippen LogP contribution >= 0.6 is 0 Å². The topological polar surface area (TPSA) is 92.2 Å². The second-order valence-corrected chi connectivity index (χ2v) is 5.87. The standard InChI is InChI=1S/C17H23N5O2/c1-12-8-13(2-4-18-12)10-20-16-9-15(14-3-7-24-11-14)21-17(22-16)19-5-6-23/h2,4,8-9,14,23H,3,5-7,10-11H2,1H3,(H2,19,20,21,22)/t14-/m0/s1. The van der Waals surface area contributed by atoms with Crippen molar-refractivity contribution in [1.29, 1.82) is 0 Å². The van der Waals surface area contributed by atoms with Gasteiger partial charge in [0.1, 0.15) is 5.82 Å². The number of rotatable bonds is 7. The molecule has 1 atom stereocenters. The molecule has 1 aliphatic heterocycles. The first-order chi connectivity index (χ1) is 11.7. The van der Waals surface area contributed by atoms with E-state index in [9.17, 15) is 0 Å². The Morgan fingerprint density at radius 3 is 2.96 bits per heavy atom. The lowest BCUT2D eigenvalue weighted by Crippen LogP contribution is -2.13. The number of aliphatic hydroxyl groups is 1. The summed E-state index contributed by atoms with van der Waals surface area (Å²) >= 11 is 0. The molecule has 3 N–H and O–H groups in total. The van der Waals surface area contributed by atoms with Crippen molar-refractivity contribution < 1.29 is 9.84 Å². The molecule has 7 heteroatoms. The van der Waals surface area contributed by atoms with E-state index in [4.69, 9.17) is 9.84 Å². The lowest BCUT2D eigenvalue weighted by atomic mass is 10.0. The summed E-state index contributed by atoms with van der Waals surface area (Å²) in [6, 6.07) is 6.01. The summed E-state index contributed by atoms with van der Waals surface area (Å²) < 4.78 is 5.47. The van der Waals surface area contributed by atoms with E-state index in [0.29, 0.717) is 31.6 Å². The number of nitrogens with one attached hydrogen (secondary N) is 2. The van der Waals surface area contributed by atoms with Gasteiger partial charge in [0.25, 0.3) is 0 Å². The summed E-state index contributed by atoms with van der Waals surface area (Å²) in [4.78, 5) is 13.2. The molecule has 0 aliphatic carbocycles. The molecule has 0 unspecified atom stereocenters. The molecule has 2 aromatic rings. The van der Waals surface area contributed by atoms with Gasteiger partial charge in [-0.25, -0.2) is 4.98 Å². The Labute approximate surface area is 141 Å². The van der Waals surface area contributed by atoms with Crippen LogP contribution < -0.4 is 10.6 Å². The minimum Gasteiger partial charge on any atom is -0.395 e. The number of aryl methyl sites for hydroxylation is 1. The molecule has 0 bridgehead atoms. The molecule has 0 amide bonds. The Bertz CT molecular complexity index is 674. The maximum Gasteiger partial charge on any atom is 0.224 e. The Morgan fingerprint density at radius 1 is 1.29 bits per heavy atom. The molecule has 24 heavy (non-hydrogen) atoms. The van der Waals surface area contributed by atoms with E-state index in [1.807, 2.05) is 31.3 Å². The Kier molecular flexibility index (Phi) is 5.55. The molecule has 0 aromatic carbocycles. The van der Waals surface area contributed by atoms with Gasteiger partial charge in [-0.3, -0.25) is 4.98 Å². The van der Waals surface area contributed by atoms with Crippen molar-refractivity contribution in [3.05, 3.63) is 41.3 Å². The number of nitrogens with zero attached hydrogens (tertiary/aromatic N) is 3. The molecule has 3 rings (SSSR count). The molecule has 1 saturated heterocycles. The average molecular weight is 329 g/mol. The monoisotopic (exact) mass is 329 g/mol. The smallest absolute Gasteiger partial charge is 0.224 e. The third kappa shape index (κ3) is 4.39. The number of aromatic nitrogens is 3. The molecular weight excluding hydrogens is 306 g/mol. The van der Waals surface area contributed by atoms with Crippen LogP contribution in [0.25, 0.3) is 0 Å². The van der Waals surface area contributed by atoms with E-state index >= 15 is 0 Å². The van der Waals surface area contributed by atoms with Crippen molar-refractivity contribution in [1.82, 2.24) is 15.0 Å². The first-order valence-corrected chi connectivity index (χ1v) is 8.21. The number of hydrogen-bond acceptors (Lipinski definition) is 7. The van der Waals surface area contributed by atoms with E-state index < -0.39 is 0 Å². The van der Waals surface area contributed by atoms with Crippen LogP contribution in [0.2, 0.25) is 0 Å². The first kappa shape index (κ1) is 16.6. The highest BCUT2D eigenvalue weighted by Crippen LogP contribution is 2.26. The van der Waals surface area contributed by atoms with Crippen molar-refractivity contribution in [3.8, 4) is 0 Å². The normalized spacial score (nSPS) is 17.0. The quantitative estimate of drug-likeness (QED) is 0.712. The van der Waals surface area contributed by atoms with Crippen LogP contribution in [0.3, 0.4) is 0 Å². The second-order valence-electron chi connectivity index (χ2n) is 5.87. The van der Waals surface area contributed by atoms with Gasteiger partial charge in [0.2, 0.25) is 5.95 Å². The third-order valence-corrected chi connectivity index (χ3v) is 3.92. The zero-order chi connectivity index (χ0) is 16.8. The van der Waals surface area contributed by atoms with Gasteiger partial charge >= 0.3 is 0 Å². The number of ether oxygens (including phenoxy) is 1. The predicted octanol–water partition coefficient (Wildman–Crippen LogP) is 1.70. The van der Waals surface area contributed by atoms with Gasteiger partial charge in [0.15, 0.2) is 0 Å². The fourth-order valence-electron chi connectivity index (χ4n) is 2.69. The molecule has 1 aliphatic rings. The highest BCUT2D eigenvalue weighted by Gasteiger charge is 2.20. The minimum atomic E-state index is 0.0409. The highest BCUT2D eigenvalue weighted by molar-refractivity contribution is 5.44. The maximum atomic E-state index is 9.00. The van der Waals surface area contributed by atoms with E-state index in [1.165, 1.54) is 0 Å². The van der Waals surface area contributed by atoms with Crippen molar-refractivity contribution >= 4 is 11.8 Å². The Hall–Kier alpha value is -2.25. The maximum absolute atomic E-state index is 9.00. The molecule has 0 spiro atoms. The lowest BCUT2D eigenvalue weighted by molar-refractivity contribution is 0.193. The van der Waals surface area contributed by atoms with E-state index in [0.717, 1.165) is 35.8 Å². The van der Waals surface area contributed by atoms with Crippen LogP contribution in [0.15, 0.2) is 24.4 Å². The van der Waals surface area contributed by atoms with Gasteiger partial charge in [-0.15, -0.1) is 0 Å². The molecule has 0 radical (unpaired) electrons.